The van der Waals surface area contributed by atoms with Crippen LogP contribution in [0.15, 0.2) is 23.1 Å². The first-order valence-corrected chi connectivity index (χ1v) is 9.10. The second kappa shape index (κ2) is 6.26. The van der Waals surface area contributed by atoms with Gasteiger partial charge in [0.2, 0.25) is 15.9 Å². The van der Waals surface area contributed by atoms with Crippen molar-refractivity contribution in [2.45, 2.75) is 43.0 Å². The van der Waals surface area contributed by atoms with Crippen LogP contribution in [-0.4, -0.2) is 33.5 Å². The summed E-state index contributed by atoms with van der Waals surface area (Å²) in [5.41, 5.74) is 0.902. The molecule has 0 aromatic heterocycles. The standard InChI is InChI=1S/C15H20N2O4S/c18-15-13(5-1-2-8-16-15)17-22(19,20)12-6-7-14-11(10-12)4-3-9-21-14/h6-7,10,13,17H,1-5,8-9H2,(H,16,18)/t13-/m1/s1. The summed E-state index contributed by atoms with van der Waals surface area (Å²) in [6, 6.07) is 4.17. The molecule has 1 aromatic rings. The van der Waals surface area contributed by atoms with Crippen molar-refractivity contribution in [1.82, 2.24) is 10.0 Å². The van der Waals surface area contributed by atoms with Crippen LogP contribution < -0.4 is 14.8 Å². The Morgan fingerprint density at radius 3 is 2.95 bits per heavy atom. The molecule has 0 unspecified atom stereocenters. The molecule has 0 aliphatic carbocycles. The first-order valence-electron chi connectivity index (χ1n) is 7.62. The van der Waals surface area contributed by atoms with Crippen molar-refractivity contribution in [2.24, 2.45) is 0 Å². The maximum atomic E-state index is 12.5. The predicted molar refractivity (Wildman–Crippen MR) is 81.2 cm³/mol. The Bertz CT molecular complexity index is 672. The topological polar surface area (TPSA) is 84.5 Å². The van der Waals surface area contributed by atoms with Crippen LogP contribution >= 0.6 is 0 Å². The van der Waals surface area contributed by atoms with Crippen LogP contribution in [-0.2, 0) is 21.2 Å². The first kappa shape index (κ1) is 15.3. The summed E-state index contributed by atoms with van der Waals surface area (Å²) in [6.07, 6.45) is 3.92. The van der Waals surface area contributed by atoms with E-state index >= 15 is 0 Å². The van der Waals surface area contributed by atoms with E-state index < -0.39 is 16.1 Å². The van der Waals surface area contributed by atoms with Crippen LogP contribution in [0.4, 0.5) is 0 Å². The largest absolute Gasteiger partial charge is 0.493 e. The minimum atomic E-state index is -3.71. The molecule has 7 heteroatoms. The fourth-order valence-corrected chi connectivity index (χ4v) is 4.09. The average molecular weight is 324 g/mol. The molecule has 120 valence electrons. The second-order valence-corrected chi connectivity index (χ2v) is 7.40. The van der Waals surface area contributed by atoms with Crippen molar-refractivity contribution < 1.29 is 17.9 Å². The third-order valence-corrected chi connectivity index (χ3v) is 5.49. The molecule has 0 saturated carbocycles. The number of carbonyl (C=O) groups excluding carboxylic acids is 1. The van der Waals surface area contributed by atoms with E-state index in [0.29, 0.717) is 19.6 Å². The summed E-state index contributed by atoms with van der Waals surface area (Å²) in [6.45, 7) is 1.27. The molecule has 1 atom stereocenters. The molecule has 2 heterocycles. The number of carbonyl (C=O) groups is 1. The quantitative estimate of drug-likeness (QED) is 0.867. The van der Waals surface area contributed by atoms with Gasteiger partial charge in [-0.15, -0.1) is 0 Å². The van der Waals surface area contributed by atoms with E-state index in [1.807, 2.05) is 0 Å². The highest BCUT2D eigenvalue weighted by Crippen LogP contribution is 2.27. The van der Waals surface area contributed by atoms with E-state index in [-0.39, 0.29) is 10.8 Å². The lowest BCUT2D eigenvalue weighted by Crippen LogP contribution is -2.45. The number of rotatable bonds is 3. The summed E-state index contributed by atoms with van der Waals surface area (Å²) >= 11 is 0. The van der Waals surface area contributed by atoms with Gasteiger partial charge in [-0.05, 0) is 55.9 Å². The zero-order valence-electron chi connectivity index (χ0n) is 12.3. The number of benzene rings is 1. The maximum absolute atomic E-state index is 12.5. The lowest BCUT2D eigenvalue weighted by atomic mass is 10.1. The van der Waals surface area contributed by atoms with Gasteiger partial charge < -0.3 is 10.1 Å². The van der Waals surface area contributed by atoms with E-state index in [1.54, 1.807) is 12.1 Å². The van der Waals surface area contributed by atoms with Gasteiger partial charge in [0.05, 0.1) is 11.5 Å². The van der Waals surface area contributed by atoms with Crippen molar-refractivity contribution in [1.29, 1.82) is 0 Å². The van der Waals surface area contributed by atoms with Crippen molar-refractivity contribution >= 4 is 15.9 Å². The monoisotopic (exact) mass is 324 g/mol. The Balaban J connectivity index is 1.81. The molecular weight excluding hydrogens is 304 g/mol. The van der Waals surface area contributed by atoms with Gasteiger partial charge in [-0.2, -0.15) is 4.72 Å². The number of hydrogen-bond donors (Lipinski definition) is 2. The predicted octanol–water partition coefficient (Wildman–Crippen LogP) is 0.959. The Kier molecular flexibility index (Phi) is 4.35. The van der Waals surface area contributed by atoms with E-state index in [0.717, 1.165) is 37.0 Å². The van der Waals surface area contributed by atoms with Crippen LogP contribution in [0.5, 0.6) is 5.75 Å². The molecule has 0 spiro atoms. The number of aryl methyl sites for hydroxylation is 1. The van der Waals surface area contributed by atoms with Crippen molar-refractivity contribution in [3.8, 4) is 5.75 Å². The van der Waals surface area contributed by atoms with E-state index in [2.05, 4.69) is 10.0 Å². The minimum absolute atomic E-state index is 0.189. The molecule has 1 amide bonds. The fourth-order valence-electron chi connectivity index (χ4n) is 2.81. The van der Waals surface area contributed by atoms with Crippen LogP contribution in [0, 0.1) is 0 Å². The van der Waals surface area contributed by atoms with Gasteiger partial charge in [-0.25, -0.2) is 8.42 Å². The highest BCUT2D eigenvalue weighted by atomic mass is 32.2. The Labute approximate surface area is 130 Å². The van der Waals surface area contributed by atoms with Crippen LogP contribution in [0.25, 0.3) is 0 Å². The minimum Gasteiger partial charge on any atom is -0.493 e. The molecule has 1 aromatic carbocycles. The Hall–Kier alpha value is -1.60. The van der Waals surface area contributed by atoms with Gasteiger partial charge in [-0.1, -0.05) is 0 Å². The summed E-state index contributed by atoms with van der Waals surface area (Å²) in [5, 5.41) is 2.73. The Morgan fingerprint density at radius 2 is 2.09 bits per heavy atom. The zero-order chi connectivity index (χ0) is 15.6. The molecule has 6 nitrogen and oxygen atoms in total. The lowest BCUT2D eigenvalue weighted by Gasteiger charge is -2.19. The number of sulfonamides is 1. The SMILES string of the molecule is O=C1NCCCC[C@H]1NS(=O)(=O)c1ccc2c(c1)CCCO2. The van der Waals surface area contributed by atoms with Crippen LogP contribution in [0.3, 0.4) is 0 Å². The number of nitrogens with one attached hydrogen (secondary N) is 2. The van der Waals surface area contributed by atoms with Crippen molar-refractivity contribution in [3.63, 3.8) is 0 Å². The zero-order valence-corrected chi connectivity index (χ0v) is 13.1. The smallest absolute Gasteiger partial charge is 0.241 e. The molecule has 2 aliphatic rings. The van der Waals surface area contributed by atoms with E-state index in [9.17, 15) is 13.2 Å². The van der Waals surface area contributed by atoms with Crippen LogP contribution in [0.2, 0.25) is 0 Å². The van der Waals surface area contributed by atoms with Crippen molar-refractivity contribution in [3.05, 3.63) is 23.8 Å². The Morgan fingerprint density at radius 1 is 1.23 bits per heavy atom. The molecular formula is C15H20N2O4S. The molecule has 1 fully saturated rings. The van der Waals surface area contributed by atoms with Gasteiger partial charge in [0.25, 0.3) is 0 Å². The van der Waals surface area contributed by atoms with Gasteiger partial charge >= 0.3 is 0 Å². The normalized spacial score (nSPS) is 22.2. The highest BCUT2D eigenvalue weighted by molar-refractivity contribution is 7.89. The molecule has 0 bridgehead atoms. The fraction of sp³-hybridized carbons (Fsp3) is 0.533. The van der Waals surface area contributed by atoms with Gasteiger partial charge in [-0.3, -0.25) is 4.79 Å². The van der Waals surface area contributed by atoms with E-state index in [1.165, 1.54) is 6.07 Å². The summed E-state index contributed by atoms with van der Waals surface area (Å²) in [5.74, 6) is 0.500. The molecule has 2 aliphatic heterocycles. The number of ether oxygens (including phenoxy) is 1. The van der Waals surface area contributed by atoms with Gasteiger partial charge in [0.15, 0.2) is 0 Å². The summed E-state index contributed by atoms with van der Waals surface area (Å²) in [7, 11) is -3.71. The molecule has 2 N–H and O–H groups in total. The van der Waals surface area contributed by atoms with E-state index in [4.69, 9.17) is 4.74 Å². The van der Waals surface area contributed by atoms with Gasteiger partial charge in [0.1, 0.15) is 11.8 Å². The molecule has 22 heavy (non-hydrogen) atoms. The first-order chi connectivity index (χ1) is 10.6. The van der Waals surface area contributed by atoms with Gasteiger partial charge in [0, 0.05) is 6.54 Å². The molecule has 1 saturated heterocycles. The number of hydrogen-bond acceptors (Lipinski definition) is 4. The summed E-state index contributed by atoms with van der Waals surface area (Å²) < 4.78 is 33.0. The number of amides is 1. The third kappa shape index (κ3) is 3.25. The maximum Gasteiger partial charge on any atom is 0.241 e. The average Bonchev–Trinajstić information content (AvgIpc) is 2.71. The number of fused-ring (bicyclic) bond motifs is 1. The summed E-state index contributed by atoms with van der Waals surface area (Å²) in [4.78, 5) is 12.1. The molecule has 0 radical (unpaired) electrons. The lowest BCUT2D eigenvalue weighted by molar-refractivity contribution is -0.122. The van der Waals surface area contributed by atoms with Crippen LogP contribution in [0.1, 0.15) is 31.2 Å². The second-order valence-electron chi connectivity index (χ2n) is 5.68. The third-order valence-electron chi connectivity index (χ3n) is 4.02. The van der Waals surface area contributed by atoms with Crippen molar-refractivity contribution in [2.75, 3.05) is 13.2 Å². The molecule has 3 rings (SSSR count). The highest BCUT2D eigenvalue weighted by Gasteiger charge is 2.27.